The highest BCUT2D eigenvalue weighted by Gasteiger charge is 2.08. The Morgan fingerprint density at radius 2 is 1.76 bits per heavy atom. The first-order valence-corrected chi connectivity index (χ1v) is 9.72. The van der Waals surface area contributed by atoms with Crippen molar-refractivity contribution in [3.8, 4) is 5.75 Å². The fourth-order valence-electron chi connectivity index (χ4n) is 2.39. The van der Waals surface area contributed by atoms with E-state index in [4.69, 9.17) is 16.3 Å². The fraction of sp³-hybridized carbons (Fsp3) is 0.333. The van der Waals surface area contributed by atoms with Gasteiger partial charge in [0.05, 0.1) is 23.7 Å². The van der Waals surface area contributed by atoms with Gasteiger partial charge in [-0.25, -0.2) is 0 Å². The van der Waals surface area contributed by atoms with Gasteiger partial charge in [-0.15, -0.1) is 24.0 Å². The summed E-state index contributed by atoms with van der Waals surface area (Å²) in [5.41, 5.74) is 1.67. The summed E-state index contributed by atoms with van der Waals surface area (Å²) in [5, 5.41) is 9.64. The van der Waals surface area contributed by atoms with Crippen molar-refractivity contribution in [2.24, 2.45) is 4.99 Å². The molecule has 2 aromatic carbocycles. The van der Waals surface area contributed by atoms with Crippen molar-refractivity contribution in [2.75, 3.05) is 32.8 Å². The molecule has 6 nitrogen and oxygen atoms in total. The van der Waals surface area contributed by atoms with Crippen LogP contribution in [0.25, 0.3) is 0 Å². The van der Waals surface area contributed by atoms with E-state index >= 15 is 0 Å². The number of nitrogens with one attached hydrogen (secondary N) is 3. The SMILES string of the molecule is CCNC(=NCCNC(=O)c1ccccc1Cl)NCCOc1ccc(C)cc1.I. The Kier molecular flexibility index (Phi) is 12.1. The van der Waals surface area contributed by atoms with Gasteiger partial charge in [0, 0.05) is 13.1 Å². The monoisotopic (exact) mass is 530 g/mol. The lowest BCUT2D eigenvalue weighted by molar-refractivity contribution is 0.0955. The van der Waals surface area contributed by atoms with Crippen LogP contribution in [-0.2, 0) is 0 Å². The van der Waals surface area contributed by atoms with E-state index in [1.807, 2.05) is 38.1 Å². The molecule has 0 unspecified atom stereocenters. The predicted molar refractivity (Wildman–Crippen MR) is 130 cm³/mol. The van der Waals surface area contributed by atoms with Crippen molar-refractivity contribution in [3.63, 3.8) is 0 Å². The van der Waals surface area contributed by atoms with E-state index in [0.717, 1.165) is 12.3 Å². The molecule has 0 radical (unpaired) electrons. The van der Waals surface area contributed by atoms with E-state index in [2.05, 4.69) is 20.9 Å². The van der Waals surface area contributed by atoms with E-state index in [1.165, 1.54) is 5.56 Å². The number of amides is 1. The lowest BCUT2D eigenvalue weighted by atomic mass is 10.2. The average molecular weight is 531 g/mol. The number of rotatable bonds is 9. The molecule has 2 rings (SSSR count). The van der Waals surface area contributed by atoms with Crippen molar-refractivity contribution >= 4 is 47.4 Å². The van der Waals surface area contributed by atoms with Gasteiger partial charge in [-0.2, -0.15) is 0 Å². The lowest BCUT2D eigenvalue weighted by Gasteiger charge is -2.12. The zero-order valence-electron chi connectivity index (χ0n) is 16.7. The molecular weight excluding hydrogens is 503 g/mol. The van der Waals surface area contributed by atoms with Crippen LogP contribution < -0.4 is 20.7 Å². The first kappa shape index (κ1) is 25.0. The van der Waals surface area contributed by atoms with Crippen LogP contribution in [0.4, 0.5) is 0 Å². The van der Waals surface area contributed by atoms with Gasteiger partial charge >= 0.3 is 0 Å². The molecule has 0 saturated carbocycles. The molecule has 0 bridgehead atoms. The number of nitrogens with zero attached hydrogens (tertiary/aromatic N) is 1. The Morgan fingerprint density at radius 1 is 1.03 bits per heavy atom. The number of aliphatic imine (C=N–C) groups is 1. The smallest absolute Gasteiger partial charge is 0.252 e. The molecular formula is C21H28ClIN4O2. The summed E-state index contributed by atoms with van der Waals surface area (Å²) in [7, 11) is 0. The molecule has 0 aliphatic heterocycles. The Bertz CT molecular complexity index is 785. The Morgan fingerprint density at radius 3 is 2.45 bits per heavy atom. The van der Waals surface area contributed by atoms with Crippen LogP contribution in [0, 0.1) is 6.92 Å². The third kappa shape index (κ3) is 9.36. The highest BCUT2D eigenvalue weighted by molar-refractivity contribution is 14.0. The van der Waals surface area contributed by atoms with Crippen molar-refractivity contribution in [2.45, 2.75) is 13.8 Å². The zero-order valence-corrected chi connectivity index (χ0v) is 19.8. The Balaban J connectivity index is 0.00000420. The van der Waals surface area contributed by atoms with Gasteiger partial charge < -0.3 is 20.7 Å². The molecule has 0 atom stereocenters. The summed E-state index contributed by atoms with van der Waals surface area (Å²) in [6, 6.07) is 14.9. The van der Waals surface area contributed by atoms with E-state index in [1.54, 1.807) is 24.3 Å². The maximum atomic E-state index is 12.1. The maximum Gasteiger partial charge on any atom is 0.252 e. The molecule has 8 heteroatoms. The number of carbonyl (C=O) groups is 1. The molecule has 0 aromatic heterocycles. The van der Waals surface area contributed by atoms with Crippen molar-refractivity contribution in [1.29, 1.82) is 0 Å². The first-order valence-electron chi connectivity index (χ1n) is 9.34. The highest BCUT2D eigenvalue weighted by atomic mass is 127. The summed E-state index contributed by atoms with van der Waals surface area (Å²) in [6.45, 7) is 6.80. The van der Waals surface area contributed by atoms with Crippen LogP contribution in [0.2, 0.25) is 5.02 Å². The van der Waals surface area contributed by atoms with Gasteiger partial charge in [0.1, 0.15) is 12.4 Å². The number of hydrogen-bond donors (Lipinski definition) is 3. The van der Waals surface area contributed by atoms with Crippen molar-refractivity contribution in [3.05, 3.63) is 64.7 Å². The van der Waals surface area contributed by atoms with E-state index in [9.17, 15) is 4.79 Å². The molecule has 158 valence electrons. The van der Waals surface area contributed by atoms with E-state index in [0.29, 0.717) is 42.8 Å². The Hall–Kier alpha value is -2.00. The summed E-state index contributed by atoms with van der Waals surface area (Å²) >= 11 is 6.03. The third-order valence-corrected chi connectivity index (χ3v) is 4.14. The summed E-state index contributed by atoms with van der Waals surface area (Å²) in [5.74, 6) is 1.32. The van der Waals surface area contributed by atoms with Crippen LogP contribution in [0.3, 0.4) is 0 Å². The Labute approximate surface area is 194 Å². The average Bonchev–Trinajstić information content (AvgIpc) is 2.70. The van der Waals surface area contributed by atoms with Gasteiger partial charge in [0.25, 0.3) is 5.91 Å². The number of halogens is 2. The highest BCUT2D eigenvalue weighted by Crippen LogP contribution is 2.14. The van der Waals surface area contributed by atoms with Gasteiger partial charge in [-0.3, -0.25) is 9.79 Å². The second kappa shape index (κ2) is 14.1. The molecule has 0 heterocycles. The summed E-state index contributed by atoms with van der Waals surface area (Å²) in [6.07, 6.45) is 0. The molecule has 0 fully saturated rings. The number of ether oxygens (including phenoxy) is 1. The van der Waals surface area contributed by atoms with Crippen LogP contribution in [0.5, 0.6) is 5.75 Å². The van der Waals surface area contributed by atoms with Crippen LogP contribution in [0.15, 0.2) is 53.5 Å². The minimum atomic E-state index is -0.203. The van der Waals surface area contributed by atoms with E-state index in [-0.39, 0.29) is 29.9 Å². The van der Waals surface area contributed by atoms with Crippen LogP contribution in [-0.4, -0.2) is 44.7 Å². The lowest BCUT2D eigenvalue weighted by Crippen LogP contribution is -2.40. The van der Waals surface area contributed by atoms with Crippen LogP contribution in [0.1, 0.15) is 22.8 Å². The molecule has 0 spiro atoms. The van der Waals surface area contributed by atoms with Gasteiger partial charge in [0.2, 0.25) is 0 Å². The quantitative estimate of drug-likeness (QED) is 0.200. The predicted octanol–water partition coefficient (Wildman–Crippen LogP) is 3.63. The number of guanidine groups is 1. The molecule has 2 aromatic rings. The molecule has 29 heavy (non-hydrogen) atoms. The van der Waals surface area contributed by atoms with Crippen LogP contribution >= 0.6 is 35.6 Å². The van der Waals surface area contributed by atoms with Gasteiger partial charge in [-0.1, -0.05) is 41.4 Å². The molecule has 0 aliphatic carbocycles. The topological polar surface area (TPSA) is 74.8 Å². The zero-order chi connectivity index (χ0) is 20.2. The third-order valence-electron chi connectivity index (χ3n) is 3.81. The molecule has 1 amide bonds. The number of hydrogen-bond acceptors (Lipinski definition) is 3. The fourth-order valence-corrected chi connectivity index (χ4v) is 2.61. The standard InChI is InChI=1S/C21H27ClN4O2.HI/c1-3-23-21(26-14-15-28-17-10-8-16(2)9-11-17)25-13-12-24-20(27)18-6-4-5-7-19(18)22;/h4-11H,3,12-15H2,1-2H3,(H,24,27)(H2,23,25,26);1H. The minimum absolute atomic E-state index is 0. The molecule has 0 saturated heterocycles. The number of carbonyl (C=O) groups excluding carboxylic acids is 1. The van der Waals surface area contributed by atoms with Gasteiger partial charge in [0.15, 0.2) is 5.96 Å². The second-order valence-electron chi connectivity index (χ2n) is 6.08. The largest absolute Gasteiger partial charge is 0.492 e. The van der Waals surface area contributed by atoms with Crippen molar-refractivity contribution in [1.82, 2.24) is 16.0 Å². The van der Waals surface area contributed by atoms with Gasteiger partial charge in [-0.05, 0) is 38.1 Å². The summed E-state index contributed by atoms with van der Waals surface area (Å²) < 4.78 is 5.69. The molecule has 0 aliphatic rings. The normalized spacial score (nSPS) is 10.7. The number of aryl methyl sites for hydroxylation is 1. The van der Waals surface area contributed by atoms with E-state index < -0.39 is 0 Å². The van der Waals surface area contributed by atoms with Crippen molar-refractivity contribution < 1.29 is 9.53 Å². The first-order chi connectivity index (χ1) is 13.6. The maximum absolute atomic E-state index is 12.1. The second-order valence-corrected chi connectivity index (χ2v) is 6.49. The number of benzene rings is 2. The minimum Gasteiger partial charge on any atom is -0.492 e. The molecule has 3 N–H and O–H groups in total. The summed E-state index contributed by atoms with van der Waals surface area (Å²) in [4.78, 5) is 16.6.